The van der Waals surface area contributed by atoms with Gasteiger partial charge in [0.2, 0.25) is 5.12 Å². The summed E-state index contributed by atoms with van der Waals surface area (Å²) in [5, 5.41) is 13.0. The maximum atomic E-state index is 12.5. The van der Waals surface area contributed by atoms with Crippen molar-refractivity contribution in [2.24, 2.45) is 0 Å². The third kappa shape index (κ3) is 8.26. The maximum Gasteiger partial charge on any atom is 0.408 e. The van der Waals surface area contributed by atoms with E-state index in [2.05, 4.69) is 5.32 Å². The molecule has 0 saturated carbocycles. The Hall–Kier alpha value is -1.74. The molecule has 0 aromatic heterocycles. The zero-order valence-electron chi connectivity index (χ0n) is 14.6. The van der Waals surface area contributed by atoms with Crippen LogP contribution in [0.15, 0.2) is 29.2 Å². The summed E-state index contributed by atoms with van der Waals surface area (Å²) in [4.78, 5) is 35.2. The van der Waals surface area contributed by atoms with E-state index in [1.807, 2.05) is 6.26 Å². The predicted octanol–water partition coefficient (Wildman–Crippen LogP) is 3.86. The van der Waals surface area contributed by atoms with E-state index in [9.17, 15) is 19.7 Å². The number of alkyl carbamates (subject to hydrolysis) is 1. The van der Waals surface area contributed by atoms with E-state index in [4.69, 9.17) is 4.74 Å². The van der Waals surface area contributed by atoms with Gasteiger partial charge in [-0.15, -0.1) is 0 Å². The van der Waals surface area contributed by atoms with E-state index >= 15 is 0 Å². The largest absolute Gasteiger partial charge is 0.444 e. The number of hydrogen-bond donors (Lipinski definition) is 1. The predicted molar refractivity (Wildman–Crippen MR) is 100 cm³/mol. The summed E-state index contributed by atoms with van der Waals surface area (Å²) in [6.45, 7) is 5.24. The number of carbonyl (C=O) groups excluding carboxylic acids is 2. The second-order valence-electron chi connectivity index (χ2n) is 6.15. The molecule has 1 rings (SSSR count). The van der Waals surface area contributed by atoms with Crippen molar-refractivity contribution in [2.45, 2.75) is 43.7 Å². The number of benzene rings is 1. The van der Waals surface area contributed by atoms with Gasteiger partial charge in [0, 0.05) is 17.0 Å². The molecule has 0 heterocycles. The van der Waals surface area contributed by atoms with Crippen LogP contribution in [0.4, 0.5) is 10.5 Å². The van der Waals surface area contributed by atoms with Gasteiger partial charge in [0.15, 0.2) is 0 Å². The summed E-state index contributed by atoms with van der Waals surface area (Å²) < 4.78 is 5.20. The molecule has 0 radical (unpaired) electrons. The van der Waals surface area contributed by atoms with Gasteiger partial charge in [0.05, 0.1) is 4.92 Å². The molecule has 25 heavy (non-hydrogen) atoms. The maximum absolute atomic E-state index is 12.5. The van der Waals surface area contributed by atoms with E-state index in [1.165, 1.54) is 24.3 Å². The van der Waals surface area contributed by atoms with Gasteiger partial charge in [-0.25, -0.2) is 4.79 Å². The number of thioether (sulfide) groups is 2. The van der Waals surface area contributed by atoms with E-state index in [-0.39, 0.29) is 10.8 Å². The number of non-ortho nitro benzene ring substituents is 1. The fourth-order valence-corrected chi connectivity index (χ4v) is 3.05. The molecule has 1 atom stereocenters. The second kappa shape index (κ2) is 9.67. The summed E-state index contributed by atoms with van der Waals surface area (Å²) in [7, 11) is 0. The molecule has 0 aliphatic heterocycles. The highest BCUT2D eigenvalue weighted by molar-refractivity contribution is 8.13. The van der Waals surface area contributed by atoms with E-state index < -0.39 is 22.7 Å². The summed E-state index contributed by atoms with van der Waals surface area (Å²) in [6, 6.07) is 5.02. The van der Waals surface area contributed by atoms with Crippen LogP contribution < -0.4 is 5.32 Å². The van der Waals surface area contributed by atoms with Crippen molar-refractivity contribution in [2.75, 3.05) is 12.0 Å². The number of hydrogen-bond acceptors (Lipinski definition) is 7. The standard InChI is InChI=1S/C16H22N2O5S2/c1-16(2,3)23-15(20)17-13(9-10-24-4)14(19)25-12-7-5-11(6-8-12)18(21)22/h5-8,13H,9-10H2,1-4H3,(H,17,20)/t13-/m0/s1. The van der Waals surface area contributed by atoms with Crippen molar-refractivity contribution in [3.63, 3.8) is 0 Å². The van der Waals surface area contributed by atoms with Crippen LogP contribution in [0, 0.1) is 10.1 Å². The fraction of sp³-hybridized carbons (Fsp3) is 0.500. The minimum absolute atomic E-state index is 0.0392. The Kier molecular flexibility index (Phi) is 8.24. The van der Waals surface area contributed by atoms with Crippen molar-refractivity contribution < 1.29 is 19.2 Å². The number of nitro groups is 1. The van der Waals surface area contributed by atoms with Gasteiger partial charge in [0.25, 0.3) is 5.69 Å². The van der Waals surface area contributed by atoms with E-state index in [0.717, 1.165) is 11.8 Å². The molecular weight excluding hydrogens is 364 g/mol. The Morgan fingerprint density at radius 1 is 1.28 bits per heavy atom. The van der Waals surface area contributed by atoms with Crippen LogP contribution in [0.2, 0.25) is 0 Å². The average molecular weight is 386 g/mol. The SMILES string of the molecule is CSCC[C@H](NC(=O)OC(C)(C)C)C(=O)Sc1ccc([N+](=O)[O-])cc1. The molecule has 1 N–H and O–H groups in total. The number of rotatable bonds is 7. The van der Waals surface area contributed by atoms with Gasteiger partial charge in [-0.2, -0.15) is 11.8 Å². The van der Waals surface area contributed by atoms with Crippen LogP contribution in [0.25, 0.3) is 0 Å². The second-order valence-corrected chi connectivity index (χ2v) is 8.22. The molecule has 1 aromatic rings. The van der Waals surface area contributed by atoms with Crippen molar-refractivity contribution in [3.05, 3.63) is 34.4 Å². The first-order valence-electron chi connectivity index (χ1n) is 7.57. The molecule has 7 nitrogen and oxygen atoms in total. The number of amides is 1. The summed E-state index contributed by atoms with van der Waals surface area (Å²) in [5.74, 6) is 0.701. The number of carbonyl (C=O) groups is 2. The summed E-state index contributed by atoms with van der Waals surface area (Å²) in [5.41, 5.74) is -0.689. The molecule has 0 saturated heterocycles. The molecule has 9 heteroatoms. The number of nitrogens with one attached hydrogen (secondary N) is 1. The lowest BCUT2D eigenvalue weighted by molar-refractivity contribution is -0.384. The third-order valence-corrected chi connectivity index (χ3v) is 4.49. The molecule has 0 spiro atoms. The van der Waals surface area contributed by atoms with Crippen molar-refractivity contribution in [1.29, 1.82) is 0 Å². The minimum Gasteiger partial charge on any atom is -0.444 e. The Morgan fingerprint density at radius 2 is 1.88 bits per heavy atom. The van der Waals surface area contributed by atoms with Crippen LogP contribution in [0.5, 0.6) is 0 Å². The highest BCUT2D eigenvalue weighted by atomic mass is 32.2. The first-order chi connectivity index (χ1) is 11.6. The van der Waals surface area contributed by atoms with Crippen LogP contribution in [-0.4, -0.2) is 39.8 Å². The topological polar surface area (TPSA) is 98.5 Å². The highest BCUT2D eigenvalue weighted by Gasteiger charge is 2.24. The van der Waals surface area contributed by atoms with Gasteiger partial charge in [-0.3, -0.25) is 14.9 Å². The summed E-state index contributed by atoms with van der Waals surface area (Å²) >= 11 is 2.51. The monoisotopic (exact) mass is 386 g/mol. The van der Waals surface area contributed by atoms with Crippen molar-refractivity contribution >= 4 is 40.4 Å². The smallest absolute Gasteiger partial charge is 0.408 e. The first-order valence-corrected chi connectivity index (χ1v) is 9.78. The lowest BCUT2D eigenvalue weighted by Crippen LogP contribution is -2.42. The van der Waals surface area contributed by atoms with Crippen LogP contribution >= 0.6 is 23.5 Å². The van der Waals surface area contributed by atoms with Crippen LogP contribution in [0.3, 0.4) is 0 Å². The summed E-state index contributed by atoms with van der Waals surface area (Å²) in [6.07, 6.45) is 1.74. The van der Waals surface area contributed by atoms with Gasteiger partial charge in [0.1, 0.15) is 11.6 Å². The van der Waals surface area contributed by atoms with Crippen molar-refractivity contribution in [1.82, 2.24) is 5.32 Å². The highest BCUT2D eigenvalue weighted by Crippen LogP contribution is 2.24. The van der Waals surface area contributed by atoms with Crippen LogP contribution in [0.1, 0.15) is 27.2 Å². The fourth-order valence-electron chi connectivity index (χ4n) is 1.76. The van der Waals surface area contributed by atoms with Gasteiger partial charge < -0.3 is 10.1 Å². The van der Waals surface area contributed by atoms with Crippen molar-refractivity contribution in [3.8, 4) is 0 Å². The van der Waals surface area contributed by atoms with Crippen LogP contribution in [-0.2, 0) is 9.53 Å². The first kappa shape index (κ1) is 21.3. The number of ether oxygens (including phenoxy) is 1. The molecule has 138 valence electrons. The van der Waals surface area contributed by atoms with Gasteiger partial charge >= 0.3 is 6.09 Å². The molecule has 0 aliphatic carbocycles. The lowest BCUT2D eigenvalue weighted by Gasteiger charge is -2.22. The number of nitro benzene ring substituents is 1. The Bertz CT molecular complexity index is 614. The molecule has 1 amide bonds. The Morgan fingerprint density at radius 3 is 2.36 bits per heavy atom. The quantitative estimate of drug-likeness (QED) is 0.431. The van der Waals surface area contributed by atoms with E-state index in [0.29, 0.717) is 17.1 Å². The molecule has 0 fully saturated rings. The molecule has 0 bridgehead atoms. The molecule has 1 aromatic carbocycles. The Balaban J connectivity index is 2.75. The number of nitrogens with zero attached hydrogens (tertiary/aromatic N) is 1. The van der Waals surface area contributed by atoms with E-state index in [1.54, 1.807) is 32.5 Å². The zero-order chi connectivity index (χ0) is 19.0. The third-order valence-electron chi connectivity index (χ3n) is 2.85. The zero-order valence-corrected chi connectivity index (χ0v) is 16.2. The molecular formula is C16H22N2O5S2. The van der Waals surface area contributed by atoms with Gasteiger partial charge in [-0.05, 0) is 63.1 Å². The average Bonchev–Trinajstić information content (AvgIpc) is 2.50. The molecule has 0 unspecified atom stereocenters. The minimum atomic E-state index is -0.692. The normalized spacial score (nSPS) is 12.3. The Labute approximate surface area is 155 Å². The lowest BCUT2D eigenvalue weighted by atomic mass is 10.2. The molecule has 0 aliphatic rings. The van der Waals surface area contributed by atoms with Gasteiger partial charge in [-0.1, -0.05) is 0 Å².